The van der Waals surface area contributed by atoms with Crippen molar-refractivity contribution < 1.29 is 9.53 Å². The van der Waals surface area contributed by atoms with Gasteiger partial charge in [0.2, 0.25) is 0 Å². The Morgan fingerprint density at radius 3 is 2.75 bits per heavy atom. The number of carbonyl (C=O) groups excluding carboxylic acids is 1. The number of nitrogens with two attached hydrogens (primary N) is 1. The van der Waals surface area contributed by atoms with E-state index < -0.39 is 0 Å². The van der Waals surface area contributed by atoms with Gasteiger partial charge in [-0.2, -0.15) is 0 Å². The topological polar surface area (TPSA) is 64.3 Å². The van der Waals surface area contributed by atoms with Gasteiger partial charge in [-0.15, -0.1) is 11.3 Å². The Labute approximate surface area is 124 Å². The number of ether oxygens (including phenoxy) is 1. The number of hydrazine groups is 1. The van der Waals surface area contributed by atoms with E-state index in [1.165, 1.54) is 4.88 Å². The molecule has 1 aromatic rings. The summed E-state index contributed by atoms with van der Waals surface area (Å²) >= 11 is 1.60. The fourth-order valence-corrected chi connectivity index (χ4v) is 4.07. The number of thiophene rings is 1. The van der Waals surface area contributed by atoms with Crippen LogP contribution in [0.5, 0.6) is 0 Å². The number of nitrogen functional groups attached to an aromatic ring is 1. The van der Waals surface area contributed by atoms with Crippen molar-refractivity contribution in [3.63, 3.8) is 0 Å². The second kappa shape index (κ2) is 5.74. The summed E-state index contributed by atoms with van der Waals surface area (Å²) in [5.74, 6) is 5.96. The lowest BCUT2D eigenvalue weighted by Crippen LogP contribution is -2.26. The average molecular weight is 296 g/mol. The van der Waals surface area contributed by atoms with Crippen LogP contribution < -0.4 is 11.3 Å². The zero-order valence-corrected chi connectivity index (χ0v) is 13.5. The van der Waals surface area contributed by atoms with E-state index in [-0.39, 0.29) is 5.97 Å². The average Bonchev–Trinajstić information content (AvgIpc) is 2.75. The number of rotatable bonds is 3. The number of fused-ring (bicyclic) bond motifs is 1. The molecule has 1 unspecified atom stereocenters. The third kappa shape index (κ3) is 2.83. The van der Waals surface area contributed by atoms with Gasteiger partial charge in [0, 0.05) is 4.88 Å². The normalized spacial score (nSPS) is 18.6. The molecule has 0 aromatic carbocycles. The summed E-state index contributed by atoms with van der Waals surface area (Å²) < 4.78 is 5.16. The molecule has 1 aliphatic rings. The van der Waals surface area contributed by atoms with Crippen LogP contribution in [0.1, 0.15) is 54.9 Å². The number of esters is 1. The molecule has 0 saturated heterocycles. The maximum atomic E-state index is 12.1. The Hall–Kier alpha value is -1.07. The molecule has 1 aromatic heterocycles. The smallest absolute Gasteiger partial charge is 0.341 e. The Kier molecular flexibility index (Phi) is 4.39. The van der Waals surface area contributed by atoms with Gasteiger partial charge >= 0.3 is 5.97 Å². The van der Waals surface area contributed by atoms with E-state index in [1.807, 2.05) is 6.92 Å². The van der Waals surface area contributed by atoms with Crippen LogP contribution in [0.25, 0.3) is 0 Å². The molecule has 1 aliphatic carbocycles. The molecule has 5 heteroatoms. The lowest BCUT2D eigenvalue weighted by atomic mass is 9.72. The number of hydrogen-bond donors (Lipinski definition) is 2. The van der Waals surface area contributed by atoms with Crippen molar-refractivity contribution in [1.82, 2.24) is 0 Å². The van der Waals surface area contributed by atoms with Crippen LogP contribution >= 0.6 is 11.3 Å². The van der Waals surface area contributed by atoms with Crippen LogP contribution in [0, 0.1) is 11.3 Å². The first-order valence-electron chi connectivity index (χ1n) is 7.16. The van der Waals surface area contributed by atoms with Gasteiger partial charge in [0.25, 0.3) is 0 Å². The molecule has 2 rings (SSSR count). The van der Waals surface area contributed by atoms with Gasteiger partial charge < -0.3 is 10.2 Å². The second-order valence-electron chi connectivity index (χ2n) is 6.38. The first-order chi connectivity index (χ1) is 9.38. The predicted octanol–water partition coefficient (Wildman–Crippen LogP) is 3.36. The quantitative estimate of drug-likeness (QED) is 0.510. The highest BCUT2D eigenvalue weighted by molar-refractivity contribution is 7.16. The lowest BCUT2D eigenvalue weighted by molar-refractivity contribution is 0.0526. The minimum absolute atomic E-state index is 0.257. The molecular formula is C15H24N2O2S. The second-order valence-corrected chi connectivity index (χ2v) is 7.48. The Morgan fingerprint density at radius 2 is 2.20 bits per heavy atom. The Balaban J connectivity index is 2.34. The van der Waals surface area contributed by atoms with Gasteiger partial charge in [0.15, 0.2) is 0 Å². The third-order valence-electron chi connectivity index (χ3n) is 4.10. The summed E-state index contributed by atoms with van der Waals surface area (Å²) in [6.45, 7) is 9.06. The molecule has 3 N–H and O–H groups in total. The Morgan fingerprint density at radius 1 is 1.50 bits per heavy atom. The Bertz CT molecular complexity index is 503. The summed E-state index contributed by atoms with van der Waals surface area (Å²) in [6, 6.07) is 0. The number of hydrogen-bond acceptors (Lipinski definition) is 5. The summed E-state index contributed by atoms with van der Waals surface area (Å²) in [4.78, 5) is 13.4. The molecule has 20 heavy (non-hydrogen) atoms. The number of carbonyl (C=O) groups is 1. The fourth-order valence-electron chi connectivity index (χ4n) is 2.85. The molecule has 0 radical (unpaired) electrons. The van der Waals surface area contributed by atoms with Gasteiger partial charge in [-0.1, -0.05) is 20.8 Å². The first kappa shape index (κ1) is 15.3. The predicted molar refractivity (Wildman–Crippen MR) is 83.1 cm³/mol. The van der Waals surface area contributed by atoms with Crippen molar-refractivity contribution in [2.75, 3.05) is 12.0 Å². The first-order valence-corrected chi connectivity index (χ1v) is 7.98. The van der Waals surface area contributed by atoms with Gasteiger partial charge in [0.05, 0.1) is 12.2 Å². The van der Waals surface area contributed by atoms with Gasteiger partial charge in [-0.25, -0.2) is 10.6 Å². The molecule has 4 nitrogen and oxygen atoms in total. The van der Waals surface area contributed by atoms with E-state index in [0.717, 1.165) is 29.8 Å². The number of nitrogens with one attached hydrogen (secondary N) is 1. The fraction of sp³-hybridized carbons (Fsp3) is 0.667. The highest BCUT2D eigenvalue weighted by Crippen LogP contribution is 2.44. The molecule has 0 saturated carbocycles. The van der Waals surface area contributed by atoms with Crippen LogP contribution in [0.2, 0.25) is 0 Å². The molecule has 0 bridgehead atoms. The summed E-state index contributed by atoms with van der Waals surface area (Å²) in [7, 11) is 0. The molecule has 1 heterocycles. The standard InChI is InChI=1S/C15H24N2O2S/c1-5-19-14(18)12-10-7-6-9(15(2,3)4)8-11(10)20-13(12)17-16/h9,17H,5-8,16H2,1-4H3. The largest absolute Gasteiger partial charge is 0.462 e. The van der Waals surface area contributed by atoms with Crippen LogP contribution in [-0.4, -0.2) is 12.6 Å². The third-order valence-corrected chi connectivity index (χ3v) is 5.29. The van der Waals surface area contributed by atoms with E-state index >= 15 is 0 Å². The minimum Gasteiger partial charge on any atom is -0.462 e. The molecule has 0 spiro atoms. The van der Waals surface area contributed by atoms with Crippen LogP contribution in [0.4, 0.5) is 5.00 Å². The van der Waals surface area contributed by atoms with Crippen molar-refractivity contribution in [1.29, 1.82) is 0 Å². The van der Waals surface area contributed by atoms with E-state index in [4.69, 9.17) is 10.6 Å². The van der Waals surface area contributed by atoms with Crippen molar-refractivity contribution in [3.05, 3.63) is 16.0 Å². The maximum Gasteiger partial charge on any atom is 0.341 e. The SMILES string of the molecule is CCOC(=O)c1c(NN)sc2c1CCC(C(C)(C)C)C2. The number of anilines is 1. The molecule has 1 atom stereocenters. The lowest BCUT2D eigenvalue weighted by Gasteiger charge is -2.33. The molecule has 0 aliphatic heterocycles. The summed E-state index contributed by atoms with van der Waals surface area (Å²) in [5.41, 5.74) is 4.75. The van der Waals surface area contributed by atoms with E-state index in [1.54, 1.807) is 11.3 Å². The van der Waals surface area contributed by atoms with Gasteiger partial charge in [0.1, 0.15) is 5.00 Å². The molecule has 0 fully saturated rings. The summed E-state index contributed by atoms with van der Waals surface area (Å²) in [5, 5.41) is 0.739. The van der Waals surface area contributed by atoms with Crippen molar-refractivity contribution in [2.45, 2.75) is 47.0 Å². The van der Waals surface area contributed by atoms with Crippen molar-refractivity contribution in [2.24, 2.45) is 17.2 Å². The van der Waals surface area contributed by atoms with Gasteiger partial charge in [-0.05, 0) is 43.1 Å². The van der Waals surface area contributed by atoms with Crippen molar-refractivity contribution in [3.8, 4) is 0 Å². The van der Waals surface area contributed by atoms with Crippen molar-refractivity contribution >= 4 is 22.3 Å². The highest BCUT2D eigenvalue weighted by Gasteiger charge is 2.33. The zero-order chi connectivity index (χ0) is 14.9. The van der Waals surface area contributed by atoms with E-state index in [0.29, 0.717) is 23.5 Å². The molecule has 112 valence electrons. The van der Waals surface area contributed by atoms with Crippen LogP contribution in [0.3, 0.4) is 0 Å². The monoisotopic (exact) mass is 296 g/mol. The molecule has 0 amide bonds. The summed E-state index contributed by atoms with van der Waals surface area (Å²) in [6.07, 6.45) is 3.07. The van der Waals surface area contributed by atoms with Crippen LogP contribution in [-0.2, 0) is 17.6 Å². The minimum atomic E-state index is -0.257. The van der Waals surface area contributed by atoms with E-state index in [2.05, 4.69) is 26.2 Å². The van der Waals surface area contributed by atoms with Gasteiger partial charge in [-0.3, -0.25) is 0 Å². The molecular weight excluding hydrogens is 272 g/mol. The van der Waals surface area contributed by atoms with Crippen LogP contribution in [0.15, 0.2) is 0 Å². The highest BCUT2D eigenvalue weighted by atomic mass is 32.1. The maximum absolute atomic E-state index is 12.1. The van der Waals surface area contributed by atoms with E-state index in [9.17, 15) is 4.79 Å². The zero-order valence-electron chi connectivity index (χ0n) is 12.7.